The Hall–Kier alpha value is -4.56. The maximum atomic E-state index is 4.89. The van der Waals surface area contributed by atoms with Crippen LogP contribution in [0.4, 0.5) is 0 Å². The van der Waals surface area contributed by atoms with Gasteiger partial charge in [-0.2, -0.15) is 0 Å². The number of aliphatic imine (C=N–C) groups is 2. The Balaban J connectivity index is 1.49. The second-order valence-corrected chi connectivity index (χ2v) is 10.7. The van der Waals surface area contributed by atoms with Crippen molar-refractivity contribution in [2.24, 2.45) is 9.98 Å². The van der Waals surface area contributed by atoms with Crippen molar-refractivity contribution in [3.63, 3.8) is 0 Å². The minimum absolute atomic E-state index is 0.374. The molecule has 3 aliphatic carbocycles. The molecule has 1 atom stereocenters. The Labute approximate surface area is 230 Å². The van der Waals surface area contributed by atoms with Gasteiger partial charge >= 0.3 is 0 Å². The zero-order chi connectivity index (χ0) is 26.6. The van der Waals surface area contributed by atoms with Gasteiger partial charge < -0.3 is 0 Å². The maximum Gasteiger partial charge on any atom is 0.154 e. The fourth-order valence-corrected chi connectivity index (χ4v) is 6.80. The van der Waals surface area contributed by atoms with E-state index < -0.39 is 0 Å². The van der Waals surface area contributed by atoms with Crippen LogP contribution in [0.1, 0.15) is 58.7 Å². The molecule has 2 nitrogen and oxygen atoms in total. The number of hydrogen-bond acceptors (Lipinski definition) is 1. The normalized spacial score (nSPS) is 18.5. The molecule has 4 aromatic rings. The van der Waals surface area contributed by atoms with Gasteiger partial charge in [-0.3, -0.25) is 4.99 Å². The first-order valence-electron chi connectivity index (χ1n) is 13.6. The van der Waals surface area contributed by atoms with Crippen molar-refractivity contribution in [1.82, 2.24) is 0 Å². The number of benzene rings is 4. The SMILES string of the molecule is C=NC(=NCc1ccccc1)c1ccc2c(c1)C1(C3=C2CCC=C3)c2ccccc2-c2ccc(C(=C)C)cc21. The Kier molecular flexibility index (Phi) is 5.45. The Morgan fingerprint density at radius 1 is 0.795 bits per heavy atom. The molecule has 188 valence electrons. The Bertz CT molecular complexity index is 1770. The van der Waals surface area contributed by atoms with Gasteiger partial charge in [-0.1, -0.05) is 103 Å². The molecule has 0 saturated heterocycles. The van der Waals surface area contributed by atoms with E-state index in [1.165, 1.54) is 50.1 Å². The van der Waals surface area contributed by atoms with Crippen molar-refractivity contribution >= 4 is 23.7 Å². The molecule has 0 bridgehead atoms. The predicted molar refractivity (Wildman–Crippen MR) is 164 cm³/mol. The third-order valence-electron chi connectivity index (χ3n) is 8.52. The molecule has 0 aromatic heterocycles. The molecular formula is C37H30N2. The van der Waals surface area contributed by atoms with Crippen LogP contribution < -0.4 is 0 Å². The first kappa shape index (κ1) is 23.5. The molecule has 0 aliphatic heterocycles. The Morgan fingerprint density at radius 3 is 2.31 bits per heavy atom. The summed E-state index contributed by atoms with van der Waals surface area (Å²) in [5, 5.41) is 0. The van der Waals surface area contributed by atoms with Gasteiger partial charge in [0.25, 0.3) is 0 Å². The molecule has 0 saturated carbocycles. The lowest BCUT2D eigenvalue weighted by Gasteiger charge is -2.32. The summed E-state index contributed by atoms with van der Waals surface area (Å²) in [5.41, 5.74) is 14.9. The first-order chi connectivity index (χ1) is 19.1. The van der Waals surface area contributed by atoms with Gasteiger partial charge in [0.2, 0.25) is 0 Å². The molecule has 0 radical (unpaired) electrons. The van der Waals surface area contributed by atoms with Crippen LogP contribution in [0.15, 0.2) is 125 Å². The molecule has 0 amide bonds. The molecule has 1 spiro atoms. The van der Waals surface area contributed by atoms with Crippen molar-refractivity contribution < 1.29 is 0 Å². The topological polar surface area (TPSA) is 24.7 Å². The minimum Gasteiger partial charge on any atom is -0.261 e. The van der Waals surface area contributed by atoms with Crippen molar-refractivity contribution in [2.75, 3.05) is 0 Å². The summed E-state index contributed by atoms with van der Waals surface area (Å²) in [6.45, 7) is 10.8. The summed E-state index contributed by atoms with van der Waals surface area (Å²) in [7, 11) is 0. The summed E-state index contributed by atoms with van der Waals surface area (Å²) >= 11 is 0. The third kappa shape index (κ3) is 3.41. The number of rotatable bonds is 4. The van der Waals surface area contributed by atoms with Gasteiger partial charge in [-0.05, 0) is 94.3 Å². The molecule has 0 N–H and O–H groups in total. The van der Waals surface area contributed by atoms with E-state index in [1.807, 2.05) is 18.2 Å². The lowest BCUT2D eigenvalue weighted by Crippen LogP contribution is -2.27. The molecule has 1 unspecified atom stereocenters. The van der Waals surface area contributed by atoms with E-state index >= 15 is 0 Å². The molecule has 0 fully saturated rings. The summed E-state index contributed by atoms with van der Waals surface area (Å²) < 4.78 is 0. The van der Waals surface area contributed by atoms with Gasteiger partial charge in [0.1, 0.15) is 0 Å². The standard InChI is InChI=1S/C37H30N2/c1-24(2)26-17-19-30-28-13-7-9-15-32(28)37(34(30)21-26)33-16-10-8-14-29(33)31-20-18-27(22-35(31)37)36(38-3)39-23-25-11-5-4-6-12-25/h4-7,9-13,15-22H,1,3,8,14,23H2,2H3. The second-order valence-electron chi connectivity index (χ2n) is 10.7. The number of amidine groups is 1. The monoisotopic (exact) mass is 502 g/mol. The zero-order valence-electron chi connectivity index (χ0n) is 22.2. The van der Waals surface area contributed by atoms with Crippen molar-refractivity contribution in [2.45, 2.75) is 31.7 Å². The summed E-state index contributed by atoms with van der Waals surface area (Å²) in [5.74, 6) is 0.680. The van der Waals surface area contributed by atoms with E-state index in [0.717, 1.165) is 29.5 Å². The number of hydrogen-bond donors (Lipinski definition) is 0. The van der Waals surface area contributed by atoms with Crippen LogP contribution in [0, 0.1) is 0 Å². The van der Waals surface area contributed by atoms with Crippen molar-refractivity contribution in [1.29, 1.82) is 0 Å². The molecule has 4 aromatic carbocycles. The van der Waals surface area contributed by atoms with E-state index in [-0.39, 0.29) is 5.41 Å². The molecule has 39 heavy (non-hydrogen) atoms. The quantitative estimate of drug-likeness (QED) is 0.197. The first-order valence-corrected chi connectivity index (χ1v) is 13.6. The van der Waals surface area contributed by atoms with Gasteiger partial charge in [-0.25, -0.2) is 4.99 Å². The highest BCUT2D eigenvalue weighted by Gasteiger charge is 2.52. The number of fused-ring (bicyclic) bond motifs is 9. The van der Waals surface area contributed by atoms with E-state index in [2.05, 4.69) is 110 Å². The zero-order valence-corrected chi connectivity index (χ0v) is 22.2. The molecule has 3 aliphatic rings. The van der Waals surface area contributed by atoms with Gasteiger partial charge in [0.05, 0.1) is 12.0 Å². The molecular weight excluding hydrogens is 472 g/mol. The minimum atomic E-state index is -0.374. The summed E-state index contributed by atoms with van der Waals surface area (Å²) in [4.78, 5) is 9.28. The van der Waals surface area contributed by atoms with Crippen LogP contribution in [0.5, 0.6) is 0 Å². The van der Waals surface area contributed by atoms with Crippen LogP contribution in [0.2, 0.25) is 0 Å². The van der Waals surface area contributed by atoms with Crippen LogP contribution in [0.25, 0.3) is 22.3 Å². The highest BCUT2D eigenvalue weighted by atomic mass is 14.9. The predicted octanol–water partition coefficient (Wildman–Crippen LogP) is 8.80. The highest BCUT2D eigenvalue weighted by Crippen LogP contribution is 2.63. The van der Waals surface area contributed by atoms with Crippen molar-refractivity contribution in [3.05, 3.63) is 154 Å². The molecule has 2 heteroatoms. The molecule has 7 rings (SSSR count). The van der Waals surface area contributed by atoms with Crippen LogP contribution in [-0.4, -0.2) is 12.6 Å². The van der Waals surface area contributed by atoms with E-state index in [0.29, 0.717) is 12.4 Å². The van der Waals surface area contributed by atoms with Gasteiger partial charge in [-0.15, -0.1) is 0 Å². The van der Waals surface area contributed by atoms with Crippen LogP contribution in [0.3, 0.4) is 0 Å². The summed E-state index contributed by atoms with van der Waals surface area (Å²) in [6, 6.07) is 32.9. The number of allylic oxidation sites excluding steroid dienone is 5. The van der Waals surface area contributed by atoms with E-state index in [4.69, 9.17) is 4.99 Å². The lowest BCUT2D eigenvalue weighted by atomic mass is 9.68. The highest BCUT2D eigenvalue weighted by molar-refractivity contribution is 6.03. The van der Waals surface area contributed by atoms with Gasteiger partial charge in [0.15, 0.2) is 5.84 Å². The average Bonchev–Trinajstić information content (AvgIpc) is 3.45. The molecule has 0 heterocycles. The second kappa shape index (κ2) is 9.03. The van der Waals surface area contributed by atoms with E-state index in [9.17, 15) is 0 Å². The smallest absolute Gasteiger partial charge is 0.154 e. The average molecular weight is 503 g/mol. The fraction of sp³-hybridized carbons (Fsp3) is 0.135. The van der Waals surface area contributed by atoms with Crippen LogP contribution >= 0.6 is 0 Å². The Morgan fingerprint density at radius 2 is 1.49 bits per heavy atom. The third-order valence-corrected chi connectivity index (χ3v) is 8.52. The van der Waals surface area contributed by atoms with Crippen molar-refractivity contribution in [3.8, 4) is 11.1 Å². The maximum absolute atomic E-state index is 4.89. The van der Waals surface area contributed by atoms with Gasteiger partial charge in [0, 0.05) is 5.56 Å². The lowest BCUT2D eigenvalue weighted by molar-refractivity contribution is 0.780. The summed E-state index contributed by atoms with van der Waals surface area (Å²) in [6.07, 6.45) is 6.84. The van der Waals surface area contributed by atoms with E-state index in [1.54, 1.807) is 0 Å². The fourth-order valence-electron chi connectivity index (χ4n) is 6.80. The number of nitrogens with zero attached hydrogens (tertiary/aromatic N) is 2. The largest absolute Gasteiger partial charge is 0.261 e. The van der Waals surface area contributed by atoms with Crippen LogP contribution in [-0.2, 0) is 12.0 Å².